The number of methoxy groups -OCH3 is 1. The number of fused-ring (bicyclic) bond motifs is 1. The first kappa shape index (κ1) is 16.0. The van der Waals surface area contributed by atoms with Crippen LogP contribution in [0.1, 0.15) is 11.4 Å². The van der Waals surface area contributed by atoms with Crippen LogP contribution in [0.25, 0.3) is 10.9 Å². The summed E-state index contributed by atoms with van der Waals surface area (Å²) in [5.41, 5.74) is 1.69. The van der Waals surface area contributed by atoms with E-state index < -0.39 is 0 Å². The highest BCUT2D eigenvalue weighted by Gasteiger charge is 2.11. The highest BCUT2D eigenvalue weighted by molar-refractivity contribution is 5.91. The average Bonchev–Trinajstić information content (AvgIpc) is 3.16. The molecule has 2 heterocycles. The molecule has 2 aromatic carbocycles. The van der Waals surface area contributed by atoms with Crippen LogP contribution in [-0.2, 0) is 6.42 Å². The highest BCUT2D eigenvalue weighted by Crippen LogP contribution is 2.27. The molecule has 7 heteroatoms. The molecule has 4 rings (SSSR count). The molecule has 0 saturated heterocycles. The number of nitrogens with one attached hydrogen (secondary N) is 2. The third-order valence-electron chi connectivity index (χ3n) is 3.98. The van der Waals surface area contributed by atoms with E-state index in [2.05, 4.69) is 25.5 Å². The van der Waals surface area contributed by atoms with Crippen molar-refractivity contribution in [3.05, 3.63) is 71.9 Å². The van der Waals surface area contributed by atoms with Gasteiger partial charge < -0.3 is 10.1 Å². The number of aromatic amines is 1. The largest absolute Gasteiger partial charge is 0.497 e. The molecule has 0 spiro atoms. The SMILES string of the molecule is COc1ccc2c(Nc3ccn[nH]3)nc(Cc3ccc(F)cc3)nc2c1. The molecule has 4 aromatic rings. The minimum absolute atomic E-state index is 0.264. The normalized spacial score (nSPS) is 10.8. The van der Waals surface area contributed by atoms with Gasteiger partial charge in [-0.2, -0.15) is 5.10 Å². The predicted molar refractivity (Wildman–Crippen MR) is 97.2 cm³/mol. The van der Waals surface area contributed by atoms with Crippen LogP contribution >= 0.6 is 0 Å². The summed E-state index contributed by atoms with van der Waals surface area (Å²) in [5, 5.41) is 10.9. The molecule has 0 unspecified atom stereocenters. The first-order chi connectivity index (χ1) is 12.7. The summed E-state index contributed by atoms with van der Waals surface area (Å²) in [6, 6.07) is 13.8. The predicted octanol–water partition coefficient (Wildman–Crippen LogP) is 3.84. The fourth-order valence-electron chi connectivity index (χ4n) is 2.70. The number of hydrogen-bond acceptors (Lipinski definition) is 5. The van der Waals surface area contributed by atoms with Crippen LogP contribution < -0.4 is 10.1 Å². The van der Waals surface area contributed by atoms with Crippen molar-refractivity contribution in [1.82, 2.24) is 20.2 Å². The van der Waals surface area contributed by atoms with Crippen LogP contribution in [0, 0.1) is 5.82 Å². The van der Waals surface area contributed by atoms with Gasteiger partial charge in [0.05, 0.1) is 18.8 Å². The molecule has 0 fully saturated rings. The van der Waals surface area contributed by atoms with Gasteiger partial charge in [0, 0.05) is 23.9 Å². The van der Waals surface area contributed by atoms with E-state index in [1.807, 2.05) is 24.3 Å². The fourth-order valence-corrected chi connectivity index (χ4v) is 2.70. The Hall–Kier alpha value is -3.48. The van der Waals surface area contributed by atoms with E-state index in [9.17, 15) is 4.39 Å². The van der Waals surface area contributed by atoms with Gasteiger partial charge in [0.25, 0.3) is 0 Å². The maximum atomic E-state index is 13.1. The van der Waals surface area contributed by atoms with Crippen molar-refractivity contribution in [3.8, 4) is 5.75 Å². The zero-order valence-corrected chi connectivity index (χ0v) is 14.0. The Kier molecular flexibility index (Phi) is 4.18. The number of H-pyrrole nitrogens is 1. The second-order valence-electron chi connectivity index (χ2n) is 5.77. The van der Waals surface area contributed by atoms with Crippen molar-refractivity contribution in [3.63, 3.8) is 0 Å². The fraction of sp³-hybridized carbons (Fsp3) is 0.105. The van der Waals surface area contributed by atoms with Crippen LogP contribution in [-0.4, -0.2) is 27.3 Å². The van der Waals surface area contributed by atoms with Crippen molar-refractivity contribution in [2.45, 2.75) is 6.42 Å². The van der Waals surface area contributed by atoms with Gasteiger partial charge in [0.1, 0.15) is 29.0 Å². The Morgan fingerprint density at radius 2 is 1.92 bits per heavy atom. The summed E-state index contributed by atoms with van der Waals surface area (Å²) in [6.45, 7) is 0. The van der Waals surface area contributed by atoms with Gasteiger partial charge in [0.15, 0.2) is 0 Å². The number of anilines is 2. The molecule has 2 aromatic heterocycles. The van der Waals surface area contributed by atoms with Crippen molar-refractivity contribution in [2.24, 2.45) is 0 Å². The van der Waals surface area contributed by atoms with Gasteiger partial charge in [0.2, 0.25) is 0 Å². The molecule has 130 valence electrons. The second kappa shape index (κ2) is 6.79. The third-order valence-corrected chi connectivity index (χ3v) is 3.98. The van der Waals surface area contributed by atoms with Crippen LogP contribution in [0.15, 0.2) is 54.7 Å². The zero-order valence-electron chi connectivity index (χ0n) is 14.0. The number of ether oxygens (including phenoxy) is 1. The van der Waals surface area contributed by atoms with Gasteiger partial charge in [-0.1, -0.05) is 12.1 Å². The highest BCUT2D eigenvalue weighted by atomic mass is 19.1. The summed E-state index contributed by atoms with van der Waals surface area (Å²) in [7, 11) is 1.62. The van der Waals surface area contributed by atoms with Crippen molar-refractivity contribution in [1.29, 1.82) is 0 Å². The third kappa shape index (κ3) is 3.32. The molecule has 0 saturated carbocycles. The number of halogens is 1. The van der Waals surface area contributed by atoms with E-state index in [-0.39, 0.29) is 5.82 Å². The standard InChI is InChI=1S/C19H16FN5O/c1-26-14-6-7-15-16(11-14)22-18(10-12-2-4-13(20)5-3-12)24-19(15)23-17-8-9-21-25-17/h2-9,11H,10H2,1H3,(H2,21,22,23,24,25). The van der Waals surface area contributed by atoms with Gasteiger partial charge in [-0.3, -0.25) is 5.10 Å². The Balaban J connectivity index is 1.77. The molecule has 0 radical (unpaired) electrons. The summed E-state index contributed by atoms with van der Waals surface area (Å²) in [6.07, 6.45) is 2.15. The Bertz CT molecular complexity index is 1030. The molecule has 0 amide bonds. The monoisotopic (exact) mass is 349 g/mol. The minimum Gasteiger partial charge on any atom is -0.497 e. The lowest BCUT2D eigenvalue weighted by atomic mass is 10.1. The number of benzene rings is 2. The van der Waals surface area contributed by atoms with E-state index >= 15 is 0 Å². The quantitative estimate of drug-likeness (QED) is 0.573. The lowest BCUT2D eigenvalue weighted by Crippen LogP contribution is -2.03. The Morgan fingerprint density at radius 1 is 1.08 bits per heavy atom. The molecular weight excluding hydrogens is 333 g/mol. The maximum Gasteiger partial charge on any atom is 0.143 e. The molecule has 6 nitrogen and oxygen atoms in total. The Morgan fingerprint density at radius 3 is 2.65 bits per heavy atom. The average molecular weight is 349 g/mol. The van der Waals surface area contributed by atoms with Crippen LogP contribution in [0.4, 0.5) is 16.0 Å². The van der Waals surface area contributed by atoms with Crippen LogP contribution in [0.3, 0.4) is 0 Å². The number of rotatable bonds is 5. The first-order valence-corrected chi connectivity index (χ1v) is 8.07. The van der Waals surface area contributed by atoms with Gasteiger partial charge in [-0.25, -0.2) is 14.4 Å². The van der Waals surface area contributed by atoms with Crippen LogP contribution in [0.5, 0.6) is 5.75 Å². The topological polar surface area (TPSA) is 75.7 Å². The molecule has 26 heavy (non-hydrogen) atoms. The van der Waals surface area contributed by atoms with Crippen molar-refractivity contribution in [2.75, 3.05) is 12.4 Å². The van der Waals surface area contributed by atoms with Crippen molar-refractivity contribution >= 4 is 22.5 Å². The summed E-state index contributed by atoms with van der Waals surface area (Å²) < 4.78 is 18.4. The lowest BCUT2D eigenvalue weighted by molar-refractivity contribution is 0.415. The molecule has 2 N–H and O–H groups in total. The number of hydrogen-bond donors (Lipinski definition) is 2. The van der Waals surface area contributed by atoms with E-state index in [4.69, 9.17) is 4.74 Å². The summed E-state index contributed by atoms with van der Waals surface area (Å²) in [4.78, 5) is 9.29. The Labute approximate surface area is 149 Å². The number of aromatic nitrogens is 4. The number of nitrogens with zero attached hydrogens (tertiary/aromatic N) is 3. The zero-order chi connectivity index (χ0) is 17.9. The minimum atomic E-state index is -0.264. The van der Waals surface area contributed by atoms with E-state index in [0.717, 1.165) is 28.0 Å². The molecular formula is C19H16FN5O. The molecule has 0 bridgehead atoms. The lowest BCUT2D eigenvalue weighted by Gasteiger charge is -2.11. The molecule has 0 atom stereocenters. The molecule has 0 aliphatic rings. The van der Waals surface area contributed by atoms with Crippen molar-refractivity contribution < 1.29 is 9.13 Å². The molecule has 0 aliphatic carbocycles. The van der Waals surface area contributed by atoms with E-state index in [0.29, 0.717) is 18.1 Å². The molecule has 0 aliphatic heterocycles. The van der Waals surface area contributed by atoms with Gasteiger partial charge in [-0.15, -0.1) is 0 Å². The second-order valence-corrected chi connectivity index (χ2v) is 5.77. The first-order valence-electron chi connectivity index (χ1n) is 8.07. The maximum absolute atomic E-state index is 13.1. The van der Waals surface area contributed by atoms with E-state index in [1.165, 1.54) is 12.1 Å². The van der Waals surface area contributed by atoms with Crippen LogP contribution in [0.2, 0.25) is 0 Å². The van der Waals surface area contributed by atoms with Gasteiger partial charge >= 0.3 is 0 Å². The smallest absolute Gasteiger partial charge is 0.143 e. The summed E-state index contributed by atoms with van der Waals surface area (Å²) in [5.74, 6) is 2.47. The van der Waals surface area contributed by atoms with E-state index in [1.54, 1.807) is 25.4 Å². The summed E-state index contributed by atoms with van der Waals surface area (Å²) >= 11 is 0. The van der Waals surface area contributed by atoms with Gasteiger partial charge in [-0.05, 0) is 29.8 Å².